The number of ether oxygens (including phenoxy) is 2. The Balaban J connectivity index is 1.29. The Morgan fingerprint density at radius 1 is 1.03 bits per heavy atom. The number of thioether (sulfide) groups is 1. The number of fused-ring (bicyclic) bond motifs is 1. The van der Waals surface area contributed by atoms with E-state index in [1.54, 1.807) is 29.7 Å². The quantitative estimate of drug-likeness (QED) is 0.287. The highest BCUT2D eigenvalue weighted by molar-refractivity contribution is 8.03. The molecule has 8 nitrogen and oxygen atoms in total. The highest BCUT2D eigenvalue weighted by Gasteiger charge is 2.55. The number of hydrogen-bond donors (Lipinski definition) is 2. The number of carbonyl (C=O) groups excluding carboxylic acids is 2. The van der Waals surface area contributed by atoms with E-state index in [0.717, 1.165) is 4.88 Å². The first-order valence-electron chi connectivity index (χ1n) is 11.5. The molecule has 2 aliphatic heterocycles. The summed E-state index contributed by atoms with van der Waals surface area (Å²) in [5.41, 5.74) is 0.357. The van der Waals surface area contributed by atoms with Gasteiger partial charge in [-0.25, -0.2) is 4.79 Å². The number of rotatable bonds is 9. The molecule has 1 aromatic heterocycles. The molecule has 2 N–H and O–H groups in total. The molecule has 0 saturated carbocycles. The van der Waals surface area contributed by atoms with Crippen molar-refractivity contribution in [1.29, 1.82) is 0 Å². The molecule has 0 radical (unpaired) electrons. The van der Waals surface area contributed by atoms with Crippen LogP contribution >= 0.6 is 57.9 Å². The molecule has 5 rings (SSSR count). The fraction of sp³-hybridized carbons (Fsp3) is 0.192. The number of halogens is 3. The summed E-state index contributed by atoms with van der Waals surface area (Å²) in [5.74, 6) is -1.08. The third-order valence-corrected chi connectivity index (χ3v) is 8.81. The second kappa shape index (κ2) is 11.7. The van der Waals surface area contributed by atoms with Crippen LogP contribution in [0.4, 0.5) is 0 Å². The molecule has 13 heteroatoms. The zero-order chi connectivity index (χ0) is 27.7. The van der Waals surface area contributed by atoms with Crippen LogP contribution in [0.25, 0.3) is 0 Å². The zero-order valence-corrected chi connectivity index (χ0v) is 23.7. The monoisotopic (exact) mass is 624 g/mol. The molecule has 39 heavy (non-hydrogen) atoms. The maximum absolute atomic E-state index is 12.9. The molecule has 3 aromatic rings. The van der Waals surface area contributed by atoms with E-state index in [4.69, 9.17) is 44.3 Å². The van der Waals surface area contributed by atoms with Crippen LogP contribution in [0.3, 0.4) is 0 Å². The van der Waals surface area contributed by atoms with Gasteiger partial charge >= 0.3 is 5.97 Å². The van der Waals surface area contributed by atoms with Gasteiger partial charge in [-0.1, -0.05) is 40.9 Å². The van der Waals surface area contributed by atoms with Gasteiger partial charge in [0.05, 0.1) is 11.4 Å². The number of hydrogen-bond acceptors (Lipinski definition) is 7. The molecule has 1 saturated heterocycles. The van der Waals surface area contributed by atoms with Gasteiger partial charge in [0.15, 0.2) is 17.5 Å². The largest absolute Gasteiger partial charge is 0.485 e. The Morgan fingerprint density at radius 2 is 1.77 bits per heavy atom. The van der Waals surface area contributed by atoms with Crippen LogP contribution in [-0.4, -0.2) is 51.9 Å². The standard InChI is InChI=1S/C26H19Cl3N2O6S2/c27-14-3-5-18(17(29)8-14)37-19-6-4-15(28)9-20(19)36-11-13-12-39-25-22(24(33)31(25)23(13)26(34)35)30-21(32)10-16-2-1-7-38-16/h1-9,12,22-23,25H,10-11H2,(H,30,32)(H,34,35)/t22?,23?,25-/m0/s1. The number of benzene rings is 2. The lowest BCUT2D eigenvalue weighted by atomic mass is 9.98. The van der Waals surface area contributed by atoms with Crippen molar-refractivity contribution < 1.29 is 29.0 Å². The molecule has 2 unspecified atom stereocenters. The maximum Gasteiger partial charge on any atom is 0.330 e. The minimum absolute atomic E-state index is 0.152. The Labute approximate surface area is 246 Å². The van der Waals surface area contributed by atoms with Gasteiger partial charge in [0.25, 0.3) is 0 Å². The van der Waals surface area contributed by atoms with Gasteiger partial charge in [-0.05, 0) is 47.2 Å². The van der Waals surface area contributed by atoms with Crippen molar-refractivity contribution in [3.05, 3.63) is 84.8 Å². The minimum atomic E-state index is -1.25. The first-order valence-corrected chi connectivity index (χ1v) is 14.4. The molecular weight excluding hydrogens is 607 g/mol. The van der Waals surface area contributed by atoms with E-state index in [2.05, 4.69) is 5.32 Å². The summed E-state index contributed by atoms with van der Waals surface area (Å²) in [6, 6.07) is 11.1. The molecule has 1 fully saturated rings. The van der Waals surface area contributed by atoms with Crippen molar-refractivity contribution in [2.24, 2.45) is 0 Å². The molecule has 2 aromatic carbocycles. The van der Waals surface area contributed by atoms with E-state index < -0.39 is 29.3 Å². The van der Waals surface area contributed by atoms with Gasteiger partial charge in [-0.3, -0.25) is 9.59 Å². The first-order chi connectivity index (χ1) is 18.7. The number of carbonyl (C=O) groups is 3. The average molecular weight is 626 g/mol. The lowest BCUT2D eigenvalue weighted by Gasteiger charge is -2.51. The third kappa shape index (κ3) is 6.00. The fourth-order valence-corrected chi connectivity index (χ4v) is 6.66. The minimum Gasteiger partial charge on any atom is -0.485 e. The fourth-order valence-electron chi connectivity index (χ4n) is 4.14. The summed E-state index contributed by atoms with van der Waals surface area (Å²) in [4.78, 5) is 39.7. The predicted octanol–water partition coefficient (Wildman–Crippen LogP) is 5.86. The van der Waals surface area contributed by atoms with Crippen LogP contribution in [0.5, 0.6) is 17.2 Å². The number of carboxylic acids is 1. The lowest BCUT2D eigenvalue weighted by molar-refractivity contribution is -0.160. The van der Waals surface area contributed by atoms with Gasteiger partial charge in [-0.15, -0.1) is 23.1 Å². The highest BCUT2D eigenvalue weighted by atomic mass is 35.5. The number of β-lactam (4-membered cyclic amide) rings is 1. The number of nitrogens with one attached hydrogen (secondary N) is 1. The Morgan fingerprint density at radius 3 is 2.46 bits per heavy atom. The van der Waals surface area contributed by atoms with Crippen molar-refractivity contribution >= 4 is 75.7 Å². The van der Waals surface area contributed by atoms with Gasteiger partial charge in [0, 0.05) is 26.6 Å². The zero-order valence-electron chi connectivity index (χ0n) is 19.8. The Hall–Kier alpha value is -2.89. The van der Waals surface area contributed by atoms with E-state index in [0.29, 0.717) is 32.1 Å². The summed E-state index contributed by atoms with van der Waals surface area (Å²) < 4.78 is 11.8. The first kappa shape index (κ1) is 27.7. The Kier molecular flexibility index (Phi) is 8.29. The molecule has 0 spiro atoms. The van der Waals surface area contributed by atoms with Crippen molar-refractivity contribution in [2.45, 2.75) is 23.9 Å². The molecular formula is C26H19Cl3N2O6S2. The lowest BCUT2D eigenvalue weighted by Crippen LogP contribution is -2.74. The maximum atomic E-state index is 12.9. The smallest absolute Gasteiger partial charge is 0.330 e. The summed E-state index contributed by atoms with van der Waals surface area (Å²) in [5, 5.41) is 16.8. The van der Waals surface area contributed by atoms with Crippen LogP contribution < -0.4 is 14.8 Å². The van der Waals surface area contributed by atoms with Crippen molar-refractivity contribution in [1.82, 2.24) is 10.2 Å². The topological polar surface area (TPSA) is 105 Å². The van der Waals surface area contributed by atoms with E-state index in [1.165, 1.54) is 40.1 Å². The molecule has 3 heterocycles. The number of carboxylic acid groups (broad SMARTS) is 1. The van der Waals surface area contributed by atoms with Crippen molar-refractivity contribution in [3.63, 3.8) is 0 Å². The van der Waals surface area contributed by atoms with E-state index in [9.17, 15) is 19.5 Å². The van der Waals surface area contributed by atoms with Gasteiger partial charge in [-0.2, -0.15) is 0 Å². The van der Waals surface area contributed by atoms with Gasteiger partial charge in [0.2, 0.25) is 11.8 Å². The van der Waals surface area contributed by atoms with E-state index >= 15 is 0 Å². The Bertz CT molecular complexity index is 1470. The number of nitrogens with zero attached hydrogens (tertiary/aromatic N) is 1. The molecule has 0 aliphatic carbocycles. The SMILES string of the molecule is O=C(Cc1cccs1)NC1C(=O)N2C(C(=O)O)C(COc3cc(Cl)ccc3Oc3ccc(Cl)cc3Cl)=CS[C@@H]12. The van der Waals surface area contributed by atoms with E-state index in [1.807, 2.05) is 17.5 Å². The summed E-state index contributed by atoms with van der Waals surface area (Å²) in [6.07, 6.45) is 0.154. The van der Waals surface area contributed by atoms with E-state index in [-0.39, 0.29) is 24.7 Å². The second-order valence-corrected chi connectivity index (χ2v) is 11.9. The van der Waals surface area contributed by atoms with Gasteiger partial charge in [0.1, 0.15) is 23.8 Å². The van der Waals surface area contributed by atoms with Crippen LogP contribution in [0, 0.1) is 0 Å². The molecule has 2 amide bonds. The summed E-state index contributed by atoms with van der Waals surface area (Å²) in [6.45, 7) is -0.152. The van der Waals surface area contributed by atoms with Crippen molar-refractivity contribution in [2.75, 3.05) is 6.61 Å². The number of thiophene rings is 1. The molecule has 3 atom stereocenters. The average Bonchev–Trinajstić information content (AvgIpc) is 3.41. The van der Waals surface area contributed by atoms with Crippen LogP contribution in [-0.2, 0) is 20.8 Å². The summed E-state index contributed by atoms with van der Waals surface area (Å²) >= 11 is 21.1. The highest BCUT2D eigenvalue weighted by Crippen LogP contribution is 2.42. The number of aliphatic carboxylic acids is 1. The number of amides is 2. The third-order valence-electron chi connectivity index (χ3n) is 5.95. The molecule has 0 bridgehead atoms. The molecule has 2 aliphatic rings. The second-order valence-electron chi connectivity index (χ2n) is 8.56. The van der Waals surface area contributed by atoms with Gasteiger partial charge < -0.3 is 24.8 Å². The van der Waals surface area contributed by atoms with Crippen molar-refractivity contribution in [3.8, 4) is 17.2 Å². The molecule has 202 valence electrons. The normalized spacial score (nSPS) is 20.0. The van der Waals surface area contributed by atoms with Crippen LogP contribution in [0.2, 0.25) is 15.1 Å². The predicted molar refractivity (Wildman–Crippen MR) is 151 cm³/mol. The van der Waals surface area contributed by atoms with Crippen LogP contribution in [0.15, 0.2) is 64.9 Å². The van der Waals surface area contributed by atoms with Crippen LogP contribution in [0.1, 0.15) is 4.88 Å². The summed E-state index contributed by atoms with van der Waals surface area (Å²) in [7, 11) is 0.